The lowest BCUT2D eigenvalue weighted by Crippen LogP contribution is -2.37. The Hall–Kier alpha value is -2.38. The number of ether oxygens (including phenoxy) is 2. The molecule has 1 aliphatic rings. The smallest absolute Gasteiger partial charge is 0.258 e. The Bertz CT molecular complexity index is 705. The number of nitrogens with zero attached hydrogens (tertiary/aromatic N) is 3. The highest BCUT2D eigenvalue weighted by Gasteiger charge is 2.14. The first-order valence-electron chi connectivity index (χ1n) is 8.00. The van der Waals surface area contributed by atoms with Gasteiger partial charge < -0.3 is 19.7 Å². The van der Waals surface area contributed by atoms with Gasteiger partial charge in [0.2, 0.25) is 5.95 Å². The summed E-state index contributed by atoms with van der Waals surface area (Å²) in [5.74, 6) is 1.03. The molecule has 1 aromatic heterocycles. The summed E-state index contributed by atoms with van der Waals surface area (Å²) in [4.78, 5) is 22.7. The van der Waals surface area contributed by atoms with E-state index in [-0.39, 0.29) is 12.5 Å². The number of anilines is 1. The molecule has 0 aliphatic carbocycles. The van der Waals surface area contributed by atoms with E-state index in [1.54, 1.807) is 36.5 Å². The van der Waals surface area contributed by atoms with Crippen molar-refractivity contribution in [3.8, 4) is 5.75 Å². The number of morpholine rings is 1. The molecular formula is C17H19ClN4O3. The fourth-order valence-electron chi connectivity index (χ4n) is 2.32. The number of hydrogen-bond acceptors (Lipinski definition) is 6. The second-order valence-electron chi connectivity index (χ2n) is 5.47. The van der Waals surface area contributed by atoms with Crippen LogP contribution in [0.5, 0.6) is 5.75 Å². The number of hydrogen-bond donors (Lipinski definition) is 1. The summed E-state index contributed by atoms with van der Waals surface area (Å²) in [6.45, 7) is 3.14. The molecule has 8 heteroatoms. The van der Waals surface area contributed by atoms with Gasteiger partial charge in [0.15, 0.2) is 6.61 Å². The number of nitrogens with one attached hydrogen (secondary N) is 1. The first-order chi connectivity index (χ1) is 12.2. The second-order valence-corrected chi connectivity index (χ2v) is 5.90. The summed E-state index contributed by atoms with van der Waals surface area (Å²) in [6.07, 6.45) is 1.70. The Balaban J connectivity index is 1.47. The second kappa shape index (κ2) is 8.64. The van der Waals surface area contributed by atoms with Crippen LogP contribution in [0.15, 0.2) is 36.5 Å². The van der Waals surface area contributed by atoms with E-state index in [1.165, 1.54) is 0 Å². The van der Waals surface area contributed by atoms with Crippen LogP contribution in [0, 0.1) is 0 Å². The molecule has 1 N–H and O–H groups in total. The molecule has 132 valence electrons. The van der Waals surface area contributed by atoms with Crippen molar-refractivity contribution in [3.63, 3.8) is 0 Å². The largest absolute Gasteiger partial charge is 0.484 e. The third kappa shape index (κ3) is 5.30. The maximum atomic E-state index is 11.9. The Kier molecular flexibility index (Phi) is 6.03. The molecule has 0 spiro atoms. The molecule has 2 aromatic rings. The molecular weight excluding hydrogens is 344 g/mol. The Morgan fingerprint density at radius 3 is 2.76 bits per heavy atom. The number of aromatic nitrogens is 2. The standard InChI is InChI=1S/C17H19ClN4O3/c18-13-1-3-15(4-2-13)25-12-16(23)20-11-14-5-6-19-17(21-14)22-7-9-24-10-8-22/h1-6H,7-12H2,(H,20,23). The minimum atomic E-state index is -0.221. The van der Waals surface area contributed by atoms with Gasteiger partial charge in [0.05, 0.1) is 25.5 Å². The molecule has 25 heavy (non-hydrogen) atoms. The van der Waals surface area contributed by atoms with Crippen molar-refractivity contribution in [1.29, 1.82) is 0 Å². The van der Waals surface area contributed by atoms with Crippen LogP contribution < -0.4 is 15.0 Å². The summed E-state index contributed by atoms with van der Waals surface area (Å²) in [6, 6.07) is 8.64. The van der Waals surface area contributed by atoms with Crippen molar-refractivity contribution in [2.24, 2.45) is 0 Å². The number of halogens is 1. The van der Waals surface area contributed by atoms with E-state index < -0.39 is 0 Å². The average Bonchev–Trinajstić information content (AvgIpc) is 2.67. The van der Waals surface area contributed by atoms with Crippen LogP contribution in [-0.2, 0) is 16.1 Å². The lowest BCUT2D eigenvalue weighted by atomic mass is 10.3. The summed E-state index contributed by atoms with van der Waals surface area (Å²) < 4.78 is 10.7. The fraction of sp³-hybridized carbons (Fsp3) is 0.353. The van der Waals surface area contributed by atoms with Crippen LogP contribution in [-0.4, -0.2) is 48.8 Å². The summed E-state index contributed by atoms with van der Waals surface area (Å²) in [5, 5.41) is 3.41. The normalized spacial score (nSPS) is 14.2. The molecule has 3 rings (SSSR count). The summed E-state index contributed by atoms with van der Waals surface area (Å²) in [7, 11) is 0. The predicted octanol–water partition coefficient (Wildman–Crippen LogP) is 1.66. The highest BCUT2D eigenvalue weighted by Crippen LogP contribution is 2.15. The third-order valence-corrected chi connectivity index (χ3v) is 3.90. The Labute approximate surface area is 150 Å². The maximum absolute atomic E-state index is 11.9. The van der Waals surface area contributed by atoms with Crippen LogP contribution in [0.4, 0.5) is 5.95 Å². The van der Waals surface area contributed by atoms with Gasteiger partial charge in [-0.3, -0.25) is 4.79 Å². The van der Waals surface area contributed by atoms with Crippen LogP contribution in [0.2, 0.25) is 5.02 Å². The SMILES string of the molecule is O=C(COc1ccc(Cl)cc1)NCc1ccnc(N2CCOCC2)n1. The van der Waals surface area contributed by atoms with Gasteiger partial charge in [-0.05, 0) is 30.3 Å². The number of amides is 1. The molecule has 2 heterocycles. The minimum Gasteiger partial charge on any atom is -0.484 e. The molecule has 0 atom stereocenters. The zero-order valence-electron chi connectivity index (χ0n) is 13.7. The fourth-order valence-corrected chi connectivity index (χ4v) is 2.44. The van der Waals surface area contributed by atoms with Gasteiger partial charge in [0, 0.05) is 24.3 Å². The van der Waals surface area contributed by atoms with E-state index in [4.69, 9.17) is 21.1 Å². The predicted molar refractivity (Wildman–Crippen MR) is 93.9 cm³/mol. The van der Waals surface area contributed by atoms with E-state index in [9.17, 15) is 4.79 Å². The Morgan fingerprint density at radius 2 is 2.00 bits per heavy atom. The number of carbonyl (C=O) groups is 1. The van der Waals surface area contributed by atoms with Gasteiger partial charge in [0.25, 0.3) is 5.91 Å². The lowest BCUT2D eigenvalue weighted by molar-refractivity contribution is -0.123. The monoisotopic (exact) mass is 362 g/mol. The van der Waals surface area contributed by atoms with Crippen molar-refractivity contribution < 1.29 is 14.3 Å². The van der Waals surface area contributed by atoms with Crippen molar-refractivity contribution >= 4 is 23.5 Å². The molecule has 1 aromatic carbocycles. The highest BCUT2D eigenvalue weighted by molar-refractivity contribution is 6.30. The molecule has 0 bridgehead atoms. The number of carbonyl (C=O) groups excluding carboxylic acids is 1. The topological polar surface area (TPSA) is 76.6 Å². The van der Waals surface area contributed by atoms with Crippen molar-refractivity contribution in [2.45, 2.75) is 6.54 Å². The van der Waals surface area contributed by atoms with Gasteiger partial charge >= 0.3 is 0 Å². The van der Waals surface area contributed by atoms with Gasteiger partial charge in [-0.1, -0.05) is 11.6 Å². The van der Waals surface area contributed by atoms with Crippen LogP contribution in [0.25, 0.3) is 0 Å². The van der Waals surface area contributed by atoms with Gasteiger partial charge in [-0.2, -0.15) is 0 Å². The van der Waals surface area contributed by atoms with Crippen molar-refractivity contribution in [2.75, 3.05) is 37.8 Å². The van der Waals surface area contributed by atoms with Crippen molar-refractivity contribution in [1.82, 2.24) is 15.3 Å². The van der Waals surface area contributed by atoms with E-state index in [0.29, 0.717) is 36.5 Å². The molecule has 1 aliphatic heterocycles. The molecule has 1 amide bonds. The first-order valence-corrected chi connectivity index (χ1v) is 8.38. The minimum absolute atomic E-state index is 0.0664. The zero-order chi connectivity index (χ0) is 17.5. The third-order valence-electron chi connectivity index (χ3n) is 3.64. The molecule has 1 saturated heterocycles. The number of rotatable bonds is 6. The highest BCUT2D eigenvalue weighted by atomic mass is 35.5. The molecule has 0 unspecified atom stereocenters. The summed E-state index contributed by atoms with van der Waals surface area (Å²) >= 11 is 5.80. The van der Waals surface area contributed by atoms with Crippen LogP contribution in [0.3, 0.4) is 0 Å². The quantitative estimate of drug-likeness (QED) is 0.842. The number of benzene rings is 1. The van der Waals surface area contributed by atoms with E-state index in [2.05, 4.69) is 20.2 Å². The summed E-state index contributed by atoms with van der Waals surface area (Å²) in [5.41, 5.74) is 0.747. The van der Waals surface area contributed by atoms with Gasteiger partial charge in [0.1, 0.15) is 5.75 Å². The van der Waals surface area contributed by atoms with Crippen LogP contribution in [0.1, 0.15) is 5.69 Å². The maximum Gasteiger partial charge on any atom is 0.258 e. The lowest BCUT2D eigenvalue weighted by Gasteiger charge is -2.26. The van der Waals surface area contributed by atoms with Crippen molar-refractivity contribution in [3.05, 3.63) is 47.2 Å². The molecule has 0 radical (unpaired) electrons. The van der Waals surface area contributed by atoms with Gasteiger partial charge in [-0.15, -0.1) is 0 Å². The molecule has 1 fully saturated rings. The molecule has 7 nitrogen and oxygen atoms in total. The average molecular weight is 363 g/mol. The van der Waals surface area contributed by atoms with Gasteiger partial charge in [-0.25, -0.2) is 9.97 Å². The van der Waals surface area contributed by atoms with E-state index in [1.807, 2.05) is 0 Å². The Morgan fingerprint density at radius 1 is 1.24 bits per heavy atom. The van der Waals surface area contributed by atoms with Crippen LogP contribution >= 0.6 is 11.6 Å². The molecule has 0 saturated carbocycles. The van der Waals surface area contributed by atoms with E-state index >= 15 is 0 Å². The van der Waals surface area contributed by atoms with E-state index in [0.717, 1.165) is 18.8 Å². The first kappa shape index (κ1) is 17.4. The zero-order valence-corrected chi connectivity index (χ0v) is 14.4.